The van der Waals surface area contributed by atoms with Gasteiger partial charge in [0.2, 0.25) is 0 Å². The molecule has 6 nitrogen and oxygen atoms in total. The van der Waals surface area contributed by atoms with Gasteiger partial charge >= 0.3 is 0 Å². The SMILES string of the molecule is COCCNc1cc(Nc2ccc(OC)c(Cl)c2)ncn1. The summed E-state index contributed by atoms with van der Waals surface area (Å²) in [6, 6.07) is 7.25. The van der Waals surface area contributed by atoms with Gasteiger partial charge in [-0.15, -0.1) is 0 Å². The zero-order chi connectivity index (χ0) is 15.1. The lowest BCUT2D eigenvalue weighted by atomic mass is 10.3. The summed E-state index contributed by atoms with van der Waals surface area (Å²) in [5, 5.41) is 6.84. The van der Waals surface area contributed by atoms with Crippen LogP contribution in [0, 0.1) is 0 Å². The Morgan fingerprint density at radius 3 is 2.67 bits per heavy atom. The van der Waals surface area contributed by atoms with Crippen LogP contribution in [-0.2, 0) is 4.74 Å². The monoisotopic (exact) mass is 308 g/mol. The topological polar surface area (TPSA) is 68.3 Å². The van der Waals surface area contributed by atoms with Crippen molar-refractivity contribution in [3.8, 4) is 5.75 Å². The molecule has 0 fully saturated rings. The number of methoxy groups -OCH3 is 2. The van der Waals surface area contributed by atoms with E-state index in [1.54, 1.807) is 26.4 Å². The van der Waals surface area contributed by atoms with Gasteiger partial charge in [-0.3, -0.25) is 0 Å². The maximum Gasteiger partial charge on any atom is 0.137 e. The summed E-state index contributed by atoms with van der Waals surface area (Å²) >= 11 is 6.09. The van der Waals surface area contributed by atoms with Gasteiger partial charge in [0.05, 0.1) is 18.7 Å². The smallest absolute Gasteiger partial charge is 0.137 e. The van der Waals surface area contributed by atoms with Crippen LogP contribution in [-0.4, -0.2) is 37.3 Å². The number of hydrogen-bond acceptors (Lipinski definition) is 6. The number of ether oxygens (including phenoxy) is 2. The molecular formula is C14H17ClN4O2. The predicted octanol–water partition coefficient (Wildman–Crippen LogP) is 2.94. The Balaban J connectivity index is 2.05. The first-order valence-corrected chi connectivity index (χ1v) is 6.76. The molecule has 0 aliphatic heterocycles. The van der Waals surface area contributed by atoms with Crippen LogP contribution in [0.1, 0.15) is 0 Å². The molecule has 1 aromatic carbocycles. The standard InChI is InChI=1S/C14H17ClN4O2/c1-20-6-5-16-13-8-14(18-9-17-13)19-10-3-4-12(21-2)11(15)7-10/h3-4,7-9H,5-6H2,1-2H3,(H2,16,17,18,19). The lowest BCUT2D eigenvalue weighted by molar-refractivity contribution is 0.210. The molecule has 0 radical (unpaired) electrons. The van der Waals surface area contributed by atoms with E-state index in [2.05, 4.69) is 20.6 Å². The van der Waals surface area contributed by atoms with Gasteiger partial charge in [-0.25, -0.2) is 9.97 Å². The Kier molecular flexibility index (Phi) is 5.59. The summed E-state index contributed by atoms with van der Waals surface area (Å²) in [5.74, 6) is 2.03. The molecule has 1 aromatic heterocycles. The molecule has 7 heteroatoms. The van der Waals surface area contributed by atoms with Crippen molar-refractivity contribution in [2.24, 2.45) is 0 Å². The van der Waals surface area contributed by atoms with E-state index >= 15 is 0 Å². The van der Waals surface area contributed by atoms with Gasteiger partial charge in [0.25, 0.3) is 0 Å². The Morgan fingerprint density at radius 2 is 1.95 bits per heavy atom. The van der Waals surface area contributed by atoms with Crippen LogP contribution >= 0.6 is 11.6 Å². The summed E-state index contributed by atoms with van der Waals surface area (Å²) in [6.45, 7) is 1.29. The summed E-state index contributed by atoms with van der Waals surface area (Å²) < 4.78 is 10.1. The van der Waals surface area contributed by atoms with Crippen LogP contribution in [0.15, 0.2) is 30.6 Å². The zero-order valence-corrected chi connectivity index (χ0v) is 12.6. The van der Waals surface area contributed by atoms with Crippen LogP contribution in [0.3, 0.4) is 0 Å². The quantitative estimate of drug-likeness (QED) is 0.767. The number of nitrogens with zero attached hydrogens (tertiary/aromatic N) is 2. The first-order chi connectivity index (χ1) is 10.2. The molecule has 0 spiro atoms. The van der Waals surface area contributed by atoms with Crippen LogP contribution in [0.2, 0.25) is 5.02 Å². The van der Waals surface area contributed by atoms with Gasteiger partial charge in [-0.1, -0.05) is 11.6 Å². The summed E-state index contributed by atoms with van der Waals surface area (Å²) in [6.07, 6.45) is 1.49. The normalized spacial score (nSPS) is 10.2. The number of hydrogen-bond donors (Lipinski definition) is 2. The Bertz CT molecular complexity index is 595. The molecule has 0 unspecified atom stereocenters. The van der Waals surface area contributed by atoms with Crippen LogP contribution in [0.4, 0.5) is 17.3 Å². The second-order valence-corrected chi connectivity index (χ2v) is 4.59. The van der Waals surface area contributed by atoms with Crippen molar-refractivity contribution in [2.45, 2.75) is 0 Å². The Morgan fingerprint density at radius 1 is 1.14 bits per heavy atom. The predicted molar refractivity (Wildman–Crippen MR) is 83.7 cm³/mol. The second kappa shape index (κ2) is 7.66. The number of aromatic nitrogens is 2. The average Bonchev–Trinajstić information content (AvgIpc) is 2.48. The summed E-state index contributed by atoms with van der Waals surface area (Å²) in [4.78, 5) is 8.30. The fraction of sp³-hybridized carbons (Fsp3) is 0.286. The molecule has 0 saturated heterocycles. The van der Waals surface area contributed by atoms with E-state index in [9.17, 15) is 0 Å². The zero-order valence-electron chi connectivity index (χ0n) is 11.9. The molecule has 2 N–H and O–H groups in total. The highest BCUT2D eigenvalue weighted by Gasteiger charge is 2.03. The fourth-order valence-electron chi connectivity index (χ4n) is 1.70. The van der Waals surface area contributed by atoms with Gasteiger partial charge < -0.3 is 20.1 Å². The molecule has 21 heavy (non-hydrogen) atoms. The van der Waals surface area contributed by atoms with E-state index in [0.717, 1.165) is 11.5 Å². The summed E-state index contributed by atoms with van der Waals surface area (Å²) in [7, 11) is 3.23. The molecule has 0 aliphatic carbocycles. The Hall–Kier alpha value is -2.05. The molecule has 0 saturated carbocycles. The van der Waals surface area contributed by atoms with Crippen LogP contribution < -0.4 is 15.4 Å². The van der Waals surface area contributed by atoms with Crippen LogP contribution in [0.5, 0.6) is 5.75 Å². The maximum atomic E-state index is 6.09. The molecule has 0 aliphatic rings. The highest BCUT2D eigenvalue weighted by atomic mass is 35.5. The lowest BCUT2D eigenvalue weighted by Crippen LogP contribution is -2.09. The molecule has 0 amide bonds. The van der Waals surface area contributed by atoms with E-state index < -0.39 is 0 Å². The second-order valence-electron chi connectivity index (χ2n) is 4.18. The van der Waals surface area contributed by atoms with E-state index in [4.69, 9.17) is 21.1 Å². The van der Waals surface area contributed by atoms with Crippen molar-refractivity contribution in [1.82, 2.24) is 9.97 Å². The van der Waals surface area contributed by atoms with Crippen molar-refractivity contribution in [1.29, 1.82) is 0 Å². The number of halogens is 1. The molecule has 112 valence electrons. The average molecular weight is 309 g/mol. The number of benzene rings is 1. The van der Waals surface area contributed by atoms with Crippen molar-refractivity contribution >= 4 is 28.9 Å². The molecule has 2 rings (SSSR count). The Labute approximate surface area is 128 Å². The van der Waals surface area contributed by atoms with E-state index in [1.165, 1.54) is 6.33 Å². The largest absolute Gasteiger partial charge is 0.495 e. The summed E-state index contributed by atoms with van der Waals surface area (Å²) in [5.41, 5.74) is 0.822. The van der Waals surface area contributed by atoms with Crippen molar-refractivity contribution in [2.75, 3.05) is 38.0 Å². The minimum atomic E-state index is 0.537. The van der Waals surface area contributed by atoms with Crippen molar-refractivity contribution in [3.05, 3.63) is 35.6 Å². The van der Waals surface area contributed by atoms with Gasteiger partial charge in [0.1, 0.15) is 23.7 Å². The van der Waals surface area contributed by atoms with E-state index in [0.29, 0.717) is 29.7 Å². The van der Waals surface area contributed by atoms with Crippen molar-refractivity contribution < 1.29 is 9.47 Å². The van der Waals surface area contributed by atoms with Gasteiger partial charge in [-0.2, -0.15) is 0 Å². The lowest BCUT2D eigenvalue weighted by Gasteiger charge is -2.10. The van der Waals surface area contributed by atoms with Crippen molar-refractivity contribution in [3.63, 3.8) is 0 Å². The first kappa shape index (κ1) is 15.3. The third-order valence-corrected chi connectivity index (χ3v) is 3.00. The number of rotatable bonds is 7. The van der Waals surface area contributed by atoms with Crippen LogP contribution in [0.25, 0.3) is 0 Å². The fourth-order valence-corrected chi connectivity index (χ4v) is 1.95. The minimum absolute atomic E-state index is 0.537. The molecule has 2 aromatic rings. The molecule has 0 bridgehead atoms. The number of anilines is 3. The molecular weight excluding hydrogens is 292 g/mol. The molecule has 1 heterocycles. The molecule has 0 atom stereocenters. The van der Waals surface area contributed by atoms with E-state index in [-0.39, 0.29) is 0 Å². The van der Waals surface area contributed by atoms with E-state index in [1.807, 2.05) is 12.1 Å². The highest BCUT2D eigenvalue weighted by Crippen LogP contribution is 2.28. The van der Waals surface area contributed by atoms with Gasteiger partial charge in [0, 0.05) is 25.4 Å². The maximum absolute atomic E-state index is 6.09. The first-order valence-electron chi connectivity index (χ1n) is 6.38. The minimum Gasteiger partial charge on any atom is -0.495 e. The van der Waals surface area contributed by atoms with Gasteiger partial charge in [-0.05, 0) is 18.2 Å². The third-order valence-electron chi connectivity index (χ3n) is 2.70. The van der Waals surface area contributed by atoms with Gasteiger partial charge in [0.15, 0.2) is 0 Å². The third kappa shape index (κ3) is 4.47. The highest BCUT2D eigenvalue weighted by molar-refractivity contribution is 6.32. The number of nitrogens with one attached hydrogen (secondary N) is 2.